The second-order valence-electron chi connectivity index (χ2n) is 12.8. The van der Waals surface area contributed by atoms with E-state index in [2.05, 4.69) is 154 Å². The largest absolute Gasteiger partial charge is 0.456 e. The Hall–Kier alpha value is -6.64. The van der Waals surface area contributed by atoms with Crippen LogP contribution in [0.15, 0.2) is 144 Å². The zero-order chi connectivity index (χ0) is 32.8. The van der Waals surface area contributed by atoms with Crippen LogP contribution in [-0.4, -0.2) is 9.13 Å². The van der Waals surface area contributed by atoms with Crippen LogP contribution in [0.2, 0.25) is 0 Å². The molecule has 0 aliphatic rings. The van der Waals surface area contributed by atoms with Gasteiger partial charge in [-0.15, -0.1) is 0 Å². The number of nitrogens with zero attached hydrogens (tertiary/aromatic N) is 4. The van der Waals surface area contributed by atoms with E-state index in [9.17, 15) is 0 Å². The fourth-order valence-electron chi connectivity index (χ4n) is 7.85. The Morgan fingerprint density at radius 3 is 2.02 bits per heavy atom. The van der Waals surface area contributed by atoms with Crippen molar-refractivity contribution < 1.29 is 8.98 Å². The van der Waals surface area contributed by atoms with E-state index in [1.165, 1.54) is 32.6 Å². The van der Waals surface area contributed by atoms with E-state index >= 15 is 0 Å². The van der Waals surface area contributed by atoms with Crippen molar-refractivity contribution in [3.8, 4) is 22.6 Å². The lowest BCUT2D eigenvalue weighted by Gasteiger charge is -2.11. The normalized spacial score (nSPS) is 11.9. The summed E-state index contributed by atoms with van der Waals surface area (Å²) >= 11 is 0. The molecule has 0 aliphatic carbocycles. The van der Waals surface area contributed by atoms with Crippen molar-refractivity contribution >= 4 is 71.2 Å². The molecule has 0 aliphatic heterocycles. The van der Waals surface area contributed by atoms with Crippen LogP contribution in [0, 0.1) is 13.5 Å². The second-order valence-corrected chi connectivity index (χ2v) is 12.8. The first-order valence-corrected chi connectivity index (χ1v) is 16.4. The molecule has 5 nitrogen and oxygen atoms in total. The molecule has 6 aromatic carbocycles. The summed E-state index contributed by atoms with van der Waals surface area (Å²) in [4.78, 5) is 3.63. The topological polar surface area (TPSA) is 31.2 Å². The van der Waals surface area contributed by atoms with E-state index in [4.69, 9.17) is 11.0 Å². The summed E-state index contributed by atoms with van der Waals surface area (Å²) < 4.78 is 13.5. The van der Waals surface area contributed by atoms with Gasteiger partial charge >= 0.3 is 0 Å². The van der Waals surface area contributed by atoms with E-state index < -0.39 is 0 Å². The van der Waals surface area contributed by atoms with Crippen LogP contribution in [0.25, 0.3) is 93.0 Å². The molecule has 5 heteroatoms. The van der Waals surface area contributed by atoms with Gasteiger partial charge in [0.15, 0.2) is 11.9 Å². The molecular formula is C44H29N4O+. The first-order valence-electron chi connectivity index (χ1n) is 16.4. The van der Waals surface area contributed by atoms with Crippen molar-refractivity contribution in [1.82, 2.24) is 9.13 Å². The minimum Gasteiger partial charge on any atom is -0.456 e. The molecule has 0 spiro atoms. The van der Waals surface area contributed by atoms with Crippen LogP contribution in [0.4, 0.5) is 5.69 Å². The molecule has 0 unspecified atom stereocenters. The highest BCUT2D eigenvalue weighted by atomic mass is 16.3. The molecule has 4 aromatic heterocycles. The number of para-hydroxylation sites is 3. The molecular weight excluding hydrogens is 601 g/mol. The molecule has 230 valence electrons. The molecule has 10 aromatic rings. The molecule has 0 N–H and O–H groups in total. The van der Waals surface area contributed by atoms with Gasteiger partial charge in [0.25, 0.3) is 0 Å². The van der Waals surface area contributed by atoms with Crippen LogP contribution < -0.4 is 4.57 Å². The van der Waals surface area contributed by atoms with E-state index in [0.717, 1.165) is 61.2 Å². The van der Waals surface area contributed by atoms with Gasteiger partial charge in [-0.05, 0) is 61.0 Å². The summed E-state index contributed by atoms with van der Waals surface area (Å²) in [5.41, 5.74) is 12.3. The Morgan fingerprint density at radius 2 is 1.24 bits per heavy atom. The van der Waals surface area contributed by atoms with Gasteiger partial charge < -0.3 is 13.6 Å². The number of pyridine rings is 1. The number of hydrogen-bond acceptors (Lipinski definition) is 1. The lowest BCUT2D eigenvalue weighted by atomic mass is 10.00. The van der Waals surface area contributed by atoms with Crippen molar-refractivity contribution in [1.29, 1.82) is 0 Å². The Balaban J connectivity index is 1.26. The SMILES string of the molecule is [C-]#[N+]c1ccc2c(c1)oc1c(-c3cc4c(c[n+]3C)c3ccccc3n4-c3ccc4c(c3)c3ccccc3n4-c3ccccc3)c(C)ccc12. The maximum atomic E-state index is 7.51. The Bertz CT molecular complexity index is 3020. The molecule has 0 saturated heterocycles. The molecule has 0 radical (unpaired) electrons. The first kappa shape index (κ1) is 27.5. The number of furan rings is 1. The number of fused-ring (bicyclic) bond motifs is 9. The molecule has 49 heavy (non-hydrogen) atoms. The number of aryl methyl sites for hydroxylation is 2. The van der Waals surface area contributed by atoms with Gasteiger partial charge in [-0.25, -0.2) is 9.41 Å². The maximum absolute atomic E-state index is 7.51. The molecule has 0 fully saturated rings. The van der Waals surface area contributed by atoms with Gasteiger partial charge in [0.2, 0.25) is 5.69 Å². The minimum absolute atomic E-state index is 0.574. The molecule has 0 amide bonds. The van der Waals surface area contributed by atoms with Gasteiger partial charge in [0.05, 0.1) is 39.6 Å². The molecule has 0 bridgehead atoms. The van der Waals surface area contributed by atoms with Crippen molar-refractivity contribution in [2.24, 2.45) is 7.05 Å². The quantitative estimate of drug-likeness (QED) is 0.141. The summed E-state index contributed by atoms with van der Waals surface area (Å²) in [5.74, 6) is 0. The predicted molar refractivity (Wildman–Crippen MR) is 200 cm³/mol. The zero-order valence-corrected chi connectivity index (χ0v) is 27.0. The molecule has 10 rings (SSSR count). The van der Waals surface area contributed by atoms with Crippen LogP contribution in [0.1, 0.15) is 5.56 Å². The lowest BCUT2D eigenvalue weighted by molar-refractivity contribution is -0.659. The number of hydrogen-bond donors (Lipinski definition) is 0. The summed E-state index contributed by atoms with van der Waals surface area (Å²) in [6.07, 6.45) is 2.25. The Labute approximate surface area is 281 Å². The number of benzene rings is 6. The van der Waals surface area contributed by atoms with Gasteiger partial charge in [-0.3, -0.25) is 0 Å². The summed E-state index contributed by atoms with van der Waals surface area (Å²) in [5, 5.41) is 6.90. The van der Waals surface area contributed by atoms with Gasteiger partial charge in [0.1, 0.15) is 18.2 Å². The molecule has 0 atom stereocenters. The fourth-order valence-corrected chi connectivity index (χ4v) is 7.85. The average molecular weight is 630 g/mol. The van der Waals surface area contributed by atoms with E-state index in [1.54, 1.807) is 0 Å². The Kier molecular flexibility index (Phi) is 5.71. The molecule has 0 saturated carbocycles. The van der Waals surface area contributed by atoms with E-state index in [-0.39, 0.29) is 0 Å². The van der Waals surface area contributed by atoms with E-state index in [0.29, 0.717) is 5.69 Å². The van der Waals surface area contributed by atoms with Crippen molar-refractivity contribution in [2.45, 2.75) is 6.92 Å². The highest BCUT2D eigenvalue weighted by Gasteiger charge is 2.25. The van der Waals surface area contributed by atoms with Crippen LogP contribution in [-0.2, 0) is 7.05 Å². The lowest BCUT2D eigenvalue weighted by Crippen LogP contribution is -2.30. The van der Waals surface area contributed by atoms with E-state index in [1.807, 2.05) is 18.2 Å². The molecule has 4 heterocycles. The van der Waals surface area contributed by atoms with Crippen LogP contribution in [0.5, 0.6) is 0 Å². The first-order chi connectivity index (χ1) is 24.1. The van der Waals surface area contributed by atoms with Crippen molar-refractivity contribution in [3.63, 3.8) is 0 Å². The predicted octanol–water partition coefficient (Wildman–Crippen LogP) is 11.1. The van der Waals surface area contributed by atoms with Crippen LogP contribution >= 0.6 is 0 Å². The highest BCUT2D eigenvalue weighted by molar-refractivity contribution is 6.14. The summed E-state index contributed by atoms with van der Waals surface area (Å²) in [6.45, 7) is 9.65. The van der Waals surface area contributed by atoms with Gasteiger partial charge in [-0.2, -0.15) is 0 Å². The Morgan fingerprint density at radius 1 is 0.571 bits per heavy atom. The summed E-state index contributed by atoms with van der Waals surface area (Å²) in [6, 6.07) is 47.1. The second kappa shape index (κ2) is 10.2. The van der Waals surface area contributed by atoms with Crippen LogP contribution in [0.3, 0.4) is 0 Å². The monoisotopic (exact) mass is 629 g/mol. The third-order valence-corrected chi connectivity index (χ3v) is 10.1. The van der Waals surface area contributed by atoms with Crippen molar-refractivity contribution in [3.05, 3.63) is 157 Å². The summed E-state index contributed by atoms with van der Waals surface area (Å²) in [7, 11) is 2.11. The number of aromatic nitrogens is 3. The zero-order valence-electron chi connectivity index (χ0n) is 27.0. The highest BCUT2D eigenvalue weighted by Crippen LogP contribution is 2.41. The maximum Gasteiger partial charge on any atom is 0.218 e. The third-order valence-electron chi connectivity index (χ3n) is 10.1. The fraction of sp³-hybridized carbons (Fsp3) is 0.0455. The standard InChI is InChI=1S/C44H29N4O/c1-27-17-20-34-33-21-18-28(45-2)23-42(33)49-44(34)43(27)41-25-40-36(26-46(41)3)32-14-8-10-16-38(32)48(40)30-19-22-39-35(24-30)31-13-7-9-15-37(31)47(39)29-11-5-4-6-12-29/h4-26H,1,3H3/q+1. The van der Waals surface area contributed by atoms with Gasteiger partial charge in [-0.1, -0.05) is 78.9 Å². The smallest absolute Gasteiger partial charge is 0.218 e. The number of rotatable bonds is 3. The minimum atomic E-state index is 0.574. The third kappa shape index (κ3) is 3.89. The average Bonchev–Trinajstić information content (AvgIpc) is 3.78. The van der Waals surface area contributed by atoms with Crippen molar-refractivity contribution in [2.75, 3.05) is 0 Å². The van der Waals surface area contributed by atoms with Gasteiger partial charge in [0, 0.05) is 44.4 Å².